The maximum Gasteiger partial charge on any atom is 0.272 e. The molecular formula is C24H20BrFN4O. The molecular weight excluding hydrogens is 459 g/mol. The van der Waals surface area contributed by atoms with Gasteiger partial charge in [0.1, 0.15) is 10.4 Å². The van der Waals surface area contributed by atoms with Gasteiger partial charge in [-0.3, -0.25) is 9.78 Å². The van der Waals surface area contributed by atoms with E-state index in [0.29, 0.717) is 15.8 Å². The fourth-order valence-corrected chi connectivity index (χ4v) is 3.81. The summed E-state index contributed by atoms with van der Waals surface area (Å²) in [7, 11) is 0. The van der Waals surface area contributed by atoms with Crippen LogP contribution in [0, 0.1) is 5.82 Å². The molecule has 0 fully saturated rings. The quantitative estimate of drug-likeness (QED) is 0.352. The highest BCUT2D eigenvalue weighted by Gasteiger charge is 2.21. The lowest BCUT2D eigenvalue weighted by molar-refractivity contribution is 0.0946. The minimum atomic E-state index is -0.347. The second-order valence-corrected chi connectivity index (χ2v) is 7.86. The molecule has 2 aromatic heterocycles. The predicted octanol–water partition coefficient (Wildman–Crippen LogP) is 5.63. The summed E-state index contributed by atoms with van der Waals surface area (Å²) in [6, 6.07) is 19.6. The van der Waals surface area contributed by atoms with E-state index in [9.17, 15) is 9.18 Å². The summed E-state index contributed by atoms with van der Waals surface area (Å²) in [6.07, 6.45) is 1.69. The van der Waals surface area contributed by atoms with Crippen molar-refractivity contribution in [2.24, 2.45) is 0 Å². The molecule has 0 spiro atoms. The fourth-order valence-electron chi connectivity index (χ4n) is 3.31. The van der Waals surface area contributed by atoms with E-state index in [1.807, 2.05) is 49.4 Å². The summed E-state index contributed by atoms with van der Waals surface area (Å²) in [5.74, 6) is -0.664. The van der Waals surface area contributed by atoms with Gasteiger partial charge < -0.3 is 10.6 Å². The number of carbonyl (C=O) groups is 1. The zero-order valence-electron chi connectivity index (χ0n) is 16.8. The normalized spacial score (nSPS) is 11.8. The molecule has 0 saturated carbocycles. The number of benzene rings is 2. The van der Waals surface area contributed by atoms with Crippen LogP contribution in [0.2, 0.25) is 0 Å². The second-order valence-electron chi connectivity index (χ2n) is 7.11. The number of carbonyl (C=O) groups excluding carboxylic acids is 1. The van der Waals surface area contributed by atoms with Gasteiger partial charge in [-0.2, -0.15) is 0 Å². The van der Waals surface area contributed by atoms with Gasteiger partial charge in [0, 0.05) is 24.2 Å². The van der Waals surface area contributed by atoms with Crippen molar-refractivity contribution < 1.29 is 9.18 Å². The first-order valence-electron chi connectivity index (χ1n) is 9.81. The van der Waals surface area contributed by atoms with Crippen LogP contribution in [0.4, 0.5) is 10.1 Å². The van der Waals surface area contributed by atoms with E-state index in [4.69, 9.17) is 0 Å². The molecule has 0 radical (unpaired) electrons. The summed E-state index contributed by atoms with van der Waals surface area (Å²) >= 11 is 3.46. The largest absolute Gasteiger partial charge is 0.375 e. The Balaban J connectivity index is 1.68. The Bertz CT molecular complexity index is 1220. The van der Waals surface area contributed by atoms with Crippen molar-refractivity contribution >= 4 is 38.4 Å². The van der Waals surface area contributed by atoms with Crippen molar-refractivity contribution in [1.82, 2.24) is 15.3 Å². The zero-order chi connectivity index (χ0) is 21.8. The van der Waals surface area contributed by atoms with Crippen LogP contribution >= 0.6 is 15.9 Å². The van der Waals surface area contributed by atoms with Gasteiger partial charge in [-0.05, 0) is 58.2 Å². The summed E-state index contributed by atoms with van der Waals surface area (Å²) in [5.41, 5.74) is 3.32. The molecule has 0 aliphatic heterocycles. The number of pyridine rings is 2. The van der Waals surface area contributed by atoms with Crippen molar-refractivity contribution in [3.63, 3.8) is 0 Å². The monoisotopic (exact) mass is 478 g/mol. The van der Waals surface area contributed by atoms with Crippen LogP contribution in [0.25, 0.3) is 10.9 Å². The number of amides is 1. The molecule has 156 valence electrons. The average Bonchev–Trinajstić information content (AvgIpc) is 2.80. The maximum atomic E-state index is 13.1. The molecule has 2 heterocycles. The Hall–Kier alpha value is -3.32. The van der Waals surface area contributed by atoms with Crippen molar-refractivity contribution in [3.8, 4) is 0 Å². The Labute approximate surface area is 187 Å². The van der Waals surface area contributed by atoms with Crippen LogP contribution in [-0.2, 0) is 6.54 Å². The summed E-state index contributed by atoms with van der Waals surface area (Å²) in [5, 5.41) is 7.10. The number of rotatable bonds is 6. The molecule has 1 amide bonds. The van der Waals surface area contributed by atoms with E-state index in [1.54, 1.807) is 18.3 Å². The topological polar surface area (TPSA) is 66.9 Å². The molecule has 0 aliphatic rings. The molecule has 7 heteroatoms. The molecule has 5 nitrogen and oxygen atoms in total. The smallest absolute Gasteiger partial charge is 0.272 e. The summed E-state index contributed by atoms with van der Waals surface area (Å²) in [6.45, 7) is 2.28. The van der Waals surface area contributed by atoms with E-state index in [2.05, 4.69) is 36.5 Å². The third-order valence-corrected chi connectivity index (χ3v) is 5.56. The van der Waals surface area contributed by atoms with Gasteiger partial charge in [0.15, 0.2) is 5.69 Å². The zero-order valence-corrected chi connectivity index (χ0v) is 18.4. The van der Waals surface area contributed by atoms with E-state index in [0.717, 1.165) is 16.5 Å². The lowest BCUT2D eigenvalue weighted by Gasteiger charge is -2.20. The first-order valence-corrected chi connectivity index (χ1v) is 10.6. The van der Waals surface area contributed by atoms with E-state index < -0.39 is 0 Å². The van der Waals surface area contributed by atoms with Gasteiger partial charge in [-0.25, -0.2) is 9.37 Å². The van der Waals surface area contributed by atoms with Crippen molar-refractivity contribution in [1.29, 1.82) is 0 Å². The van der Waals surface area contributed by atoms with Crippen LogP contribution in [0.3, 0.4) is 0 Å². The van der Waals surface area contributed by atoms with Crippen LogP contribution in [-0.4, -0.2) is 15.9 Å². The molecule has 2 N–H and O–H groups in total. The summed E-state index contributed by atoms with van der Waals surface area (Å²) in [4.78, 5) is 22.1. The van der Waals surface area contributed by atoms with Gasteiger partial charge in [0.2, 0.25) is 0 Å². The second kappa shape index (κ2) is 9.22. The number of aromatic nitrogens is 2. The molecule has 31 heavy (non-hydrogen) atoms. The third kappa shape index (κ3) is 4.72. The molecule has 1 atom stereocenters. The SMILES string of the molecule is C[C@H](Nc1c(C(=O)NCc2ccc(F)cc2)nc(Br)c2cccnc12)c1ccccc1. The van der Waals surface area contributed by atoms with E-state index in [-0.39, 0.29) is 30.0 Å². The summed E-state index contributed by atoms with van der Waals surface area (Å²) < 4.78 is 13.7. The number of fused-ring (bicyclic) bond motifs is 1. The van der Waals surface area contributed by atoms with Crippen LogP contribution in [0.5, 0.6) is 0 Å². The van der Waals surface area contributed by atoms with Gasteiger partial charge in [-0.1, -0.05) is 42.5 Å². The number of nitrogens with zero attached hydrogens (tertiary/aromatic N) is 2. The van der Waals surface area contributed by atoms with E-state index >= 15 is 0 Å². The van der Waals surface area contributed by atoms with Gasteiger partial charge >= 0.3 is 0 Å². The van der Waals surface area contributed by atoms with Crippen molar-refractivity contribution in [3.05, 3.63) is 100 Å². The van der Waals surface area contributed by atoms with Crippen molar-refractivity contribution in [2.75, 3.05) is 5.32 Å². The Morgan fingerprint density at radius 1 is 1.06 bits per heavy atom. The molecule has 0 aliphatic carbocycles. The number of halogens is 2. The molecule has 0 bridgehead atoms. The van der Waals surface area contributed by atoms with Gasteiger partial charge in [0.25, 0.3) is 5.91 Å². The molecule has 4 rings (SSSR count). The average molecular weight is 479 g/mol. The fraction of sp³-hybridized carbons (Fsp3) is 0.125. The highest BCUT2D eigenvalue weighted by Crippen LogP contribution is 2.32. The number of hydrogen-bond donors (Lipinski definition) is 2. The lowest BCUT2D eigenvalue weighted by atomic mass is 10.1. The third-order valence-electron chi connectivity index (χ3n) is 4.96. The highest BCUT2D eigenvalue weighted by atomic mass is 79.9. The molecule has 2 aromatic carbocycles. The predicted molar refractivity (Wildman–Crippen MR) is 123 cm³/mol. The lowest BCUT2D eigenvalue weighted by Crippen LogP contribution is -2.26. The Morgan fingerprint density at radius 2 is 1.81 bits per heavy atom. The van der Waals surface area contributed by atoms with Crippen LogP contribution < -0.4 is 10.6 Å². The van der Waals surface area contributed by atoms with Crippen LogP contribution in [0.1, 0.15) is 34.6 Å². The number of nitrogens with one attached hydrogen (secondary N) is 2. The minimum absolute atomic E-state index is 0.0713. The highest BCUT2D eigenvalue weighted by molar-refractivity contribution is 9.10. The first kappa shape index (κ1) is 20.9. The van der Waals surface area contributed by atoms with Gasteiger partial charge in [-0.15, -0.1) is 0 Å². The number of anilines is 1. The first-order chi connectivity index (χ1) is 15.0. The van der Waals surface area contributed by atoms with Gasteiger partial charge in [0.05, 0.1) is 11.2 Å². The maximum absolute atomic E-state index is 13.1. The minimum Gasteiger partial charge on any atom is -0.375 e. The Kier molecular flexibility index (Phi) is 6.23. The Morgan fingerprint density at radius 3 is 2.55 bits per heavy atom. The van der Waals surface area contributed by atoms with Crippen LogP contribution in [0.15, 0.2) is 77.5 Å². The molecule has 0 saturated heterocycles. The molecule has 4 aromatic rings. The van der Waals surface area contributed by atoms with Crippen molar-refractivity contribution in [2.45, 2.75) is 19.5 Å². The molecule has 0 unspecified atom stereocenters. The van der Waals surface area contributed by atoms with E-state index in [1.165, 1.54) is 12.1 Å². The standard InChI is InChI=1S/C24H20BrFN4O/c1-15(17-6-3-2-4-7-17)29-21-20-19(8-5-13-27-20)23(25)30-22(21)24(31)28-14-16-9-11-18(26)12-10-16/h2-13,15,29H,14H2,1H3,(H,28,31)/t15-/m0/s1. The number of hydrogen-bond acceptors (Lipinski definition) is 4.